The highest BCUT2D eigenvalue weighted by atomic mass is 19.1. The maximum atomic E-state index is 15.0. The van der Waals surface area contributed by atoms with Gasteiger partial charge in [-0.05, 0) is 41.5 Å². The van der Waals surface area contributed by atoms with Gasteiger partial charge in [-0.15, -0.1) is 0 Å². The SMILES string of the molecule is COc1ccc(-c2ccc(CN3Cc4ncccc4C3=O)c(F)c2)c2cn(C)nc12. The lowest BCUT2D eigenvalue weighted by atomic mass is 9.99. The number of pyridine rings is 1. The van der Waals surface area contributed by atoms with E-state index in [4.69, 9.17) is 4.74 Å². The second-order valence-corrected chi connectivity index (χ2v) is 7.35. The van der Waals surface area contributed by atoms with Gasteiger partial charge >= 0.3 is 0 Å². The van der Waals surface area contributed by atoms with E-state index in [1.54, 1.807) is 41.1 Å². The number of aryl methyl sites for hydroxylation is 1. The van der Waals surface area contributed by atoms with Gasteiger partial charge < -0.3 is 9.64 Å². The third-order valence-corrected chi connectivity index (χ3v) is 5.45. The lowest BCUT2D eigenvalue weighted by molar-refractivity contribution is 0.0765. The van der Waals surface area contributed by atoms with Crippen molar-refractivity contribution < 1.29 is 13.9 Å². The van der Waals surface area contributed by atoms with Crippen LogP contribution in [0.1, 0.15) is 21.6 Å². The molecule has 0 N–H and O–H groups in total. The van der Waals surface area contributed by atoms with Gasteiger partial charge in [-0.2, -0.15) is 5.10 Å². The van der Waals surface area contributed by atoms with Crippen LogP contribution in [0.3, 0.4) is 0 Å². The average molecular weight is 402 g/mol. The van der Waals surface area contributed by atoms with Crippen molar-refractivity contribution in [2.45, 2.75) is 13.1 Å². The fraction of sp³-hybridized carbons (Fsp3) is 0.174. The molecule has 4 aromatic rings. The van der Waals surface area contributed by atoms with Gasteiger partial charge in [0.15, 0.2) is 0 Å². The molecule has 5 rings (SSSR count). The Morgan fingerprint density at radius 1 is 1.17 bits per heavy atom. The van der Waals surface area contributed by atoms with E-state index in [-0.39, 0.29) is 18.3 Å². The number of hydrogen-bond acceptors (Lipinski definition) is 4. The van der Waals surface area contributed by atoms with Gasteiger partial charge in [0.05, 0.1) is 24.9 Å². The Labute approximate surface area is 172 Å². The highest BCUT2D eigenvalue weighted by Crippen LogP contribution is 2.34. The number of aromatic nitrogens is 3. The Kier molecular flexibility index (Phi) is 4.24. The molecule has 1 amide bonds. The summed E-state index contributed by atoms with van der Waals surface area (Å²) in [6.07, 6.45) is 3.56. The Morgan fingerprint density at radius 2 is 2.03 bits per heavy atom. The van der Waals surface area contributed by atoms with E-state index in [1.807, 2.05) is 31.4 Å². The highest BCUT2D eigenvalue weighted by molar-refractivity contribution is 5.98. The van der Waals surface area contributed by atoms with Crippen LogP contribution in [0.25, 0.3) is 22.0 Å². The molecular weight excluding hydrogens is 383 g/mol. The first-order valence-corrected chi connectivity index (χ1v) is 9.57. The lowest BCUT2D eigenvalue weighted by Gasteiger charge is -2.16. The number of amides is 1. The largest absolute Gasteiger partial charge is 0.494 e. The monoisotopic (exact) mass is 402 g/mol. The van der Waals surface area contributed by atoms with E-state index in [0.29, 0.717) is 23.4 Å². The number of ether oxygens (including phenoxy) is 1. The predicted octanol–water partition coefficient (Wildman–Crippen LogP) is 3.94. The van der Waals surface area contributed by atoms with Gasteiger partial charge in [0.1, 0.15) is 17.1 Å². The molecule has 0 aliphatic carbocycles. The normalized spacial score (nSPS) is 13.2. The molecule has 3 heterocycles. The van der Waals surface area contributed by atoms with E-state index in [0.717, 1.165) is 27.7 Å². The van der Waals surface area contributed by atoms with Crippen LogP contribution in [0, 0.1) is 5.82 Å². The number of hydrogen-bond donors (Lipinski definition) is 0. The minimum Gasteiger partial charge on any atom is -0.494 e. The number of rotatable bonds is 4. The third-order valence-electron chi connectivity index (χ3n) is 5.45. The molecule has 0 atom stereocenters. The van der Waals surface area contributed by atoms with E-state index >= 15 is 0 Å². The van der Waals surface area contributed by atoms with Crippen molar-refractivity contribution in [3.05, 3.63) is 77.5 Å². The summed E-state index contributed by atoms with van der Waals surface area (Å²) in [5.41, 5.74) is 4.14. The maximum Gasteiger partial charge on any atom is 0.256 e. The molecule has 0 fully saturated rings. The summed E-state index contributed by atoms with van der Waals surface area (Å²) in [6, 6.07) is 12.4. The van der Waals surface area contributed by atoms with E-state index in [2.05, 4.69) is 10.1 Å². The number of nitrogens with zero attached hydrogens (tertiary/aromatic N) is 4. The van der Waals surface area contributed by atoms with Crippen molar-refractivity contribution in [3.8, 4) is 16.9 Å². The van der Waals surface area contributed by atoms with E-state index < -0.39 is 0 Å². The molecule has 0 radical (unpaired) electrons. The lowest BCUT2D eigenvalue weighted by Crippen LogP contribution is -2.23. The zero-order valence-corrected chi connectivity index (χ0v) is 16.6. The van der Waals surface area contributed by atoms with Crippen molar-refractivity contribution >= 4 is 16.8 Å². The average Bonchev–Trinajstić information content (AvgIpc) is 3.29. The van der Waals surface area contributed by atoms with Gasteiger partial charge in [-0.1, -0.05) is 12.1 Å². The Morgan fingerprint density at radius 3 is 2.80 bits per heavy atom. The molecule has 0 unspecified atom stereocenters. The van der Waals surface area contributed by atoms with Crippen molar-refractivity contribution in [1.82, 2.24) is 19.7 Å². The number of methoxy groups -OCH3 is 1. The second-order valence-electron chi connectivity index (χ2n) is 7.35. The first-order valence-electron chi connectivity index (χ1n) is 9.57. The summed E-state index contributed by atoms with van der Waals surface area (Å²) in [5, 5.41) is 5.34. The van der Waals surface area contributed by atoms with Crippen LogP contribution < -0.4 is 4.74 Å². The van der Waals surface area contributed by atoms with Gasteiger partial charge in [0, 0.05) is 36.9 Å². The van der Waals surface area contributed by atoms with E-state index in [1.165, 1.54) is 6.07 Å². The molecule has 2 aromatic heterocycles. The van der Waals surface area contributed by atoms with Crippen molar-refractivity contribution in [2.75, 3.05) is 7.11 Å². The number of halogens is 1. The molecule has 6 nitrogen and oxygen atoms in total. The first kappa shape index (κ1) is 18.3. The summed E-state index contributed by atoms with van der Waals surface area (Å²) in [5.74, 6) is 0.207. The van der Waals surface area contributed by atoms with Gasteiger partial charge in [-0.25, -0.2) is 4.39 Å². The molecule has 1 aliphatic rings. The van der Waals surface area contributed by atoms with Crippen molar-refractivity contribution in [3.63, 3.8) is 0 Å². The second kappa shape index (κ2) is 6.95. The van der Waals surface area contributed by atoms with Crippen LogP contribution in [0.5, 0.6) is 5.75 Å². The number of carbonyl (C=O) groups excluding carboxylic acids is 1. The van der Waals surface area contributed by atoms with E-state index in [9.17, 15) is 9.18 Å². The molecule has 150 valence electrons. The quantitative estimate of drug-likeness (QED) is 0.519. The van der Waals surface area contributed by atoms with Crippen LogP contribution in [0.15, 0.2) is 54.9 Å². The molecule has 0 spiro atoms. The molecular formula is C23H19FN4O2. The van der Waals surface area contributed by atoms with Gasteiger partial charge in [0.2, 0.25) is 0 Å². The number of fused-ring (bicyclic) bond motifs is 2. The van der Waals surface area contributed by atoms with Crippen molar-refractivity contribution in [2.24, 2.45) is 7.05 Å². The molecule has 2 aromatic carbocycles. The molecule has 7 heteroatoms. The predicted molar refractivity (Wildman–Crippen MR) is 110 cm³/mol. The number of carbonyl (C=O) groups is 1. The summed E-state index contributed by atoms with van der Waals surface area (Å²) < 4.78 is 22.1. The Balaban J connectivity index is 1.47. The smallest absolute Gasteiger partial charge is 0.256 e. The summed E-state index contributed by atoms with van der Waals surface area (Å²) in [6.45, 7) is 0.594. The Bertz CT molecular complexity index is 1300. The fourth-order valence-electron chi connectivity index (χ4n) is 3.97. The van der Waals surface area contributed by atoms with Crippen LogP contribution in [0.4, 0.5) is 4.39 Å². The third kappa shape index (κ3) is 2.90. The first-order chi connectivity index (χ1) is 14.5. The zero-order valence-electron chi connectivity index (χ0n) is 16.6. The van der Waals surface area contributed by atoms with Crippen molar-refractivity contribution in [1.29, 1.82) is 0 Å². The standard InChI is InChI=1S/C23H19FN4O2/c1-27-12-18-16(7-8-21(30-2)22(18)26-27)14-5-6-15(19(24)10-14)11-28-13-20-17(23(28)29)4-3-9-25-20/h3-10,12H,11,13H2,1-2H3. The minimum absolute atomic E-state index is 0.117. The number of benzene rings is 2. The zero-order chi connectivity index (χ0) is 20.8. The summed E-state index contributed by atoms with van der Waals surface area (Å²) >= 11 is 0. The molecule has 0 saturated carbocycles. The topological polar surface area (TPSA) is 60.2 Å². The van der Waals surface area contributed by atoms with Gasteiger partial charge in [0.25, 0.3) is 5.91 Å². The molecule has 0 saturated heterocycles. The summed E-state index contributed by atoms with van der Waals surface area (Å²) in [4.78, 5) is 18.4. The fourth-order valence-corrected chi connectivity index (χ4v) is 3.97. The Hall–Kier alpha value is -3.74. The van der Waals surface area contributed by atoms with Crippen LogP contribution >= 0.6 is 0 Å². The van der Waals surface area contributed by atoms with Crippen LogP contribution in [-0.2, 0) is 20.1 Å². The highest BCUT2D eigenvalue weighted by Gasteiger charge is 2.28. The van der Waals surface area contributed by atoms with Crippen LogP contribution in [0.2, 0.25) is 0 Å². The van der Waals surface area contributed by atoms with Crippen LogP contribution in [-0.4, -0.2) is 32.7 Å². The molecule has 30 heavy (non-hydrogen) atoms. The van der Waals surface area contributed by atoms with Gasteiger partial charge in [-0.3, -0.25) is 14.5 Å². The minimum atomic E-state index is -0.350. The molecule has 0 bridgehead atoms. The maximum absolute atomic E-state index is 15.0. The summed E-state index contributed by atoms with van der Waals surface area (Å²) in [7, 11) is 3.44. The molecule has 1 aliphatic heterocycles.